The number of nitrogens with zero attached hydrogens (tertiary/aromatic N) is 2. The smallest absolute Gasteiger partial charge is 0.230 e. The van der Waals surface area contributed by atoms with Crippen LogP contribution in [0.4, 0.5) is 5.69 Å². The maximum atomic E-state index is 12.1. The van der Waals surface area contributed by atoms with Crippen LogP contribution in [0.25, 0.3) is 0 Å². The molecule has 4 nitrogen and oxygen atoms in total. The summed E-state index contributed by atoms with van der Waals surface area (Å²) >= 11 is 7.50. The van der Waals surface area contributed by atoms with Gasteiger partial charge < -0.3 is 10.2 Å². The summed E-state index contributed by atoms with van der Waals surface area (Å²) in [5, 5.41) is 6.62. The Kier molecular flexibility index (Phi) is 3.72. The Morgan fingerprint density at radius 2 is 2.40 bits per heavy atom. The number of rotatable bonds is 3. The summed E-state index contributed by atoms with van der Waals surface area (Å²) in [7, 11) is 0. The molecule has 0 unspecified atom stereocenters. The van der Waals surface area contributed by atoms with Gasteiger partial charge in [0.25, 0.3) is 0 Å². The second kappa shape index (κ2) is 5.50. The van der Waals surface area contributed by atoms with Crippen molar-refractivity contribution in [3.63, 3.8) is 0 Å². The summed E-state index contributed by atoms with van der Waals surface area (Å²) in [4.78, 5) is 18.6. The summed E-state index contributed by atoms with van der Waals surface area (Å²) in [6.45, 7) is 3.62. The number of halogens is 1. The highest BCUT2D eigenvalue weighted by Gasteiger charge is 2.27. The van der Waals surface area contributed by atoms with Crippen molar-refractivity contribution < 1.29 is 4.79 Å². The van der Waals surface area contributed by atoms with E-state index in [4.69, 9.17) is 11.6 Å². The number of carbonyl (C=O) groups excluding carboxylic acids is 1. The van der Waals surface area contributed by atoms with Gasteiger partial charge in [-0.1, -0.05) is 23.4 Å². The van der Waals surface area contributed by atoms with Gasteiger partial charge in [0.1, 0.15) is 0 Å². The average molecular weight is 308 g/mol. The number of anilines is 1. The lowest BCUT2D eigenvalue weighted by atomic mass is 10.2. The molecule has 6 heteroatoms. The second-order valence-electron chi connectivity index (χ2n) is 4.73. The van der Waals surface area contributed by atoms with Crippen LogP contribution in [0.15, 0.2) is 34.3 Å². The van der Waals surface area contributed by atoms with Gasteiger partial charge in [-0.05, 0) is 36.1 Å². The van der Waals surface area contributed by atoms with E-state index < -0.39 is 0 Å². The molecule has 0 aromatic heterocycles. The number of benzene rings is 1. The van der Waals surface area contributed by atoms with Crippen molar-refractivity contribution in [3.8, 4) is 0 Å². The molecule has 0 radical (unpaired) electrons. The molecule has 0 atom stereocenters. The van der Waals surface area contributed by atoms with Crippen LogP contribution < -0.4 is 5.32 Å². The van der Waals surface area contributed by atoms with E-state index in [1.54, 1.807) is 17.8 Å². The lowest BCUT2D eigenvalue weighted by Gasteiger charge is -2.16. The monoisotopic (exact) mass is 307 g/mol. The number of hydrogen-bond acceptors (Lipinski definition) is 4. The van der Waals surface area contributed by atoms with Gasteiger partial charge in [-0.15, -0.1) is 0 Å². The number of aliphatic imine (C=N–C) groups is 1. The minimum atomic E-state index is -0.0181. The number of carbonyl (C=O) groups is 1. The highest BCUT2D eigenvalue weighted by molar-refractivity contribution is 8.16. The Labute approximate surface area is 126 Å². The number of amides is 1. The Balaban J connectivity index is 1.64. The van der Waals surface area contributed by atoms with Crippen LogP contribution >= 0.6 is 23.4 Å². The van der Waals surface area contributed by atoms with E-state index in [0.29, 0.717) is 11.4 Å². The number of hydrogen-bond donors (Lipinski definition) is 1. The minimum Gasteiger partial charge on any atom is -0.326 e. The van der Waals surface area contributed by atoms with Crippen LogP contribution in [-0.4, -0.2) is 29.1 Å². The van der Waals surface area contributed by atoms with Crippen molar-refractivity contribution >= 4 is 40.1 Å². The molecule has 0 bridgehead atoms. The predicted octanol–water partition coefficient (Wildman–Crippen LogP) is 3.24. The zero-order valence-corrected chi connectivity index (χ0v) is 12.6. The van der Waals surface area contributed by atoms with Crippen LogP contribution in [-0.2, 0) is 4.79 Å². The van der Waals surface area contributed by atoms with Crippen LogP contribution in [0.1, 0.15) is 12.0 Å². The normalized spacial score (nSPS) is 16.8. The summed E-state index contributed by atoms with van der Waals surface area (Å²) in [6, 6.07) is 5.45. The minimum absolute atomic E-state index is 0.0181. The van der Waals surface area contributed by atoms with E-state index in [1.807, 2.05) is 24.5 Å². The molecule has 2 aliphatic heterocycles. The van der Waals surface area contributed by atoms with Crippen LogP contribution in [0, 0.1) is 6.92 Å². The van der Waals surface area contributed by atoms with Crippen LogP contribution in [0.5, 0.6) is 0 Å². The maximum absolute atomic E-state index is 12.1. The fraction of sp³-hybridized carbons (Fsp3) is 0.286. The molecule has 2 heterocycles. The van der Waals surface area contributed by atoms with Gasteiger partial charge in [-0.2, -0.15) is 0 Å². The van der Waals surface area contributed by atoms with Crippen molar-refractivity contribution in [2.45, 2.75) is 13.3 Å². The van der Waals surface area contributed by atoms with Crippen molar-refractivity contribution in [1.82, 2.24) is 4.90 Å². The third kappa shape index (κ3) is 2.69. The summed E-state index contributed by atoms with van der Waals surface area (Å²) in [6.07, 6.45) is 0.369. The van der Waals surface area contributed by atoms with Crippen molar-refractivity contribution in [3.05, 3.63) is 39.9 Å². The van der Waals surface area contributed by atoms with Gasteiger partial charge in [-0.25, -0.2) is 0 Å². The number of thioether (sulfide) groups is 1. The molecule has 0 saturated carbocycles. The molecular weight excluding hydrogens is 294 g/mol. The third-order valence-electron chi connectivity index (χ3n) is 3.25. The number of aryl methyl sites for hydroxylation is 1. The lowest BCUT2D eigenvalue weighted by molar-refractivity contribution is -0.115. The van der Waals surface area contributed by atoms with Crippen LogP contribution in [0.2, 0.25) is 5.02 Å². The highest BCUT2D eigenvalue weighted by atomic mass is 35.5. The molecule has 1 aromatic rings. The van der Waals surface area contributed by atoms with Gasteiger partial charge in [0.15, 0.2) is 5.17 Å². The second-order valence-corrected chi connectivity index (χ2v) is 6.00. The van der Waals surface area contributed by atoms with Crippen molar-refractivity contribution in [2.75, 3.05) is 18.4 Å². The average Bonchev–Trinajstić information content (AvgIpc) is 2.98. The van der Waals surface area contributed by atoms with E-state index in [9.17, 15) is 4.79 Å². The van der Waals surface area contributed by atoms with E-state index in [-0.39, 0.29) is 5.91 Å². The first-order chi connectivity index (χ1) is 9.63. The quantitative estimate of drug-likeness (QED) is 0.932. The molecule has 20 heavy (non-hydrogen) atoms. The molecule has 0 fully saturated rings. The number of fused-ring (bicyclic) bond motifs is 1. The number of nitrogens with one attached hydrogen (secondary N) is 1. The van der Waals surface area contributed by atoms with Gasteiger partial charge in [-0.3, -0.25) is 9.79 Å². The molecule has 0 saturated heterocycles. The first-order valence-electron chi connectivity index (χ1n) is 6.37. The Hall–Kier alpha value is -1.46. The molecule has 1 aromatic carbocycles. The van der Waals surface area contributed by atoms with E-state index in [2.05, 4.69) is 15.2 Å². The maximum Gasteiger partial charge on any atom is 0.230 e. The van der Waals surface area contributed by atoms with E-state index >= 15 is 0 Å². The van der Waals surface area contributed by atoms with Crippen molar-refractivity contribution in [2.24, 2.45) is 4.99 Å². The first kappa shape index (κ1) is 13.5. The molecular formula is C14H14ClN3OS. The van der Waals surface area contributed by atoms with Gasteiger partial charge >= 0.3 is 0 Å². The summed E-state index contributed by atoms with van der Waals surface area (Å²) in [5.74, 6) is -0.0181. The lowest BCUT2D eigenvalue weighted by Crippen LogP contribution is -2.24. The highest BCUT2D eigenvalue weighted by Crippen LogP contribution is 2.31. The molecule has 0 spiro atoms. The zero-order valence-electron chi connectivity index (χ0n) is 11.0. The van der Waals surface area contributed by atoms with Gasteiger partial charge in [0.2, 0.25) is 5.91 Å². The first-order valence-corrected chi connectivity index (χ1v) is 7.63. The molecule has 1 amide bonds. The molecule has 104 valence electrons. The topological polar surface area (TPSA) is 44.7 Å². The van der Waals surface area contributed by atoms with Gasteiger partial charge in [0, 0.05) is 23.0 Å². The third-order valence-corrected chi connectivity index (χ3v) is 4.44. The fourth-order valence-electron chi connectivity index (χ4n) is 2.24. The predicted molar refractivity (Wildman–Crippen MR) is 84.1 cm³/mol. The summed E-state index contributed by atoms with van der Waals surface area (Å²) < 4.78 is 0. The number of amidine groups is 1. The standard InChI is InChI=1S/C14H14ClN3OS/c1-9-6-10(15)2-3-12(9)17-13(19)7-11-8-20-14-16-4-5-18(11)14/h2-3,6,8H,4-5,7H2,1H3,(H,17,19). The van der Waals surface area contributed by atoms with Crippen LogP contribution in [0.3, 0.4) is 0 Å². The molecule has 1 N–H and O–H groups in total. The Morgan fingerprint density at radius 3 is 3.20 bits per heavy atom. The fourth-order valence-corrected chi connectivity index (χ4v) is 3.42. The molecule has 2 aliphatic rings. The van der Waals surface area contributed by atoms with E-state index in [0.717, 1.165) is 35.2 Å². The Bertz CT molecular complexity index is 627. The molecule has 0 aliphatic carbocycles. The van der Waals surface area contributed by atoms with Gasteiger partial charge in [0.05, 0.1) is 13.0 Å². The summed E-state index contributed by atoms with van der Waals surface area (Å²) in [5.41, 5.74) is 2.79. The Morgan fingerprint density at radius 1 is 1.55 bits per heavy atom. The van der Waals surface area contributed by atoms with E-state index in [1.165, 1.54) is 0 Å². The van der Waals surface area contributed by atoms with Crippen molar-refractivity contribution in [1.29, 1.82) is 0 Å². The largest absolute Gasteiger partial charge is 0.326 e. The SMILES string of the molecule is Cc1cc(Cl)ccc1NC(=O)CC1=CSC2=NCCN12. The molecule has 3 rings (SSSR count). The zero-order chi connectivity index (χ0) is 14.1.